The van der Waals surface area contributed by atoms with E-state index in [2.05, 4.69) is 0 Å². The van der Waals surface area contributed by atoms with E-state index in [0.29, 0.717) is 18.7 Å². The predicted octanol–water partition coefficient (Wildman–Crippen LogP) is 0.0327. The Balaban J connectivity index is 2.33. The van der Waals surface area contributed by atoms with E-state index in [1.807, 2.05) is 0 Å². The Hall–Kier alpha value is -1.31. The minimum absolute atomic E-state index is 0.120. The number of nitrogens with zero attached hydrogens (tertiary/aromatic N) is 1. The van der Waals surface area contributed by atoms with Crippen molar-refractivity contribution in [1.82, 2.24) is 4.31 Å². The molecule has 1 heterocycles. The van der Waals surface area contributed by atoms with Crippen LogP contribution in [0, 0.1) is 0 Å². The molecule has 0 bridgehead atoms. The number of aliphatic hydroxyl groups excluding tert-OH is 1. The number of rotatable bonds is 3. The standard InChI is InChI=1S/C11H16N2O4S/c1-17-11-3-2-9(6-10(11)12)18(15,16)13-5-4-8(14)7-13/h2-3,6,8,14H,4-5,7,12H2,1H3/t8-/m1/s1. The van der Waals surface area contributed by atoms with Gasteiger partial charge in [-0.15, -0.1) is 0 Å². The van der Waals surface area contributed by atoms with Crippen LogP contribution in [0.4, 0.5) is 5.69 Å². The molecule has 1 aromatic carbocycles. The number of methoxy groups -OCH3 is 1. The van der Waals surface area contributed by atoms with Crippen molar-refractivity contribution < 1.29 is 18.3 Å². The van der Waals surface area contributed by atoms with Gasteiger partial charge in [0.2, 0.25) is 10.0 Å². The van der Waals surface area contributed by atoms with E-state index in [1.165, 1.54) is 29.6 Å². The van der Waals surface area contributed by atoms with Gasteiger partial charge in [0.15, 0.2) is 0 Å². The number of hydrogen-bond acceptors (Lipinski definition) is 5. The first-order chi connectivity index (χ1) is 8.45. The maximum Gasteiger partial charge on any atom is 0.243 e. The molecule has 0 aromatic heterocycles. The van der Waals surface area contributed by atoms with E-state index in [4.69, 9.17) is 10.5 Å². The normalized spacial score (nSPS) is 21.1. The van der Waals surface area contributed by atoms with Gasteiger partial charge in [-0.2, -0.15) is 4.31 Å². The van der Waals surface area contributed by atoms with Crippen LogP contribution >= 0.6 is 0 Å². The van der Waals surface area contributed by atoms with Crippen molar-refractivity contribution in [3.05, 3.63) is 18.2 Å². The molecule has 1 atom stereocenters. The van der Waals surface area contributed by atoms with Crippen LogP contribution in [0.15, 0.2) is 23.1 Å². The molecule has 0 aliphatic carbocycles. The monoisotopic (exact) mass is 272 g/mol. The summed E-state index contributed by atoms with van der Waals surface area (Å²) in [5, 5.41) is 9.40. The van der Waals surface area contributed by atoms with Gasteiger partial charge in [0.1, 0.15) is 5.75 Å². The molecule has 3 N–H and O–H groups in total. The lowest BCUT2D eigenvalue weighted by atomic mass is 10.3. The molecular weight excluding hydrogens is 256 g/mol. The minimum atomic E-state index is -3.58. The first-order valence-electron chi connectivity index (χ1n) is 5.57. The predicted molar refractivity (Wildman–Crippen MR) is 66.8 cm³/mol. The number of anilines is 1. The van der Waals surface area contributed by atoms with Crippen LogP contribution in [0.1, 0.15) is 6.42 Å². The van der Waals surface area contributed by atoms with Gasteiger partial charge in [-0.25, -0.2) is 8.42 Å². The molecule has 0 amide bonds. The molecule has 1 fully saturated rings. The quantitative estimate of drug-likeness (QED) is 0.757. The van der Waals surface area contributed by atoms with Crippen molar-refractivity contribution >= 4 is 15.7 Å². The van der Waals surface area contributed by atoms with Gasteiger partial charge in [-0.1, -0.05) is 0 Å². The fourth-order valence-corrected chi connectivity index (χ4v) is 3.48. The summed E-state index contributed by atoms with van der Waals surface area (Å²) in [7, 11) is -2.11. The summed E-state index contributed by atoms with van der Waals surface area (Å²) in [4.78, 5) is 0.120. The third-order valence-corrected chi connectivity index (χ3v) is 4.83. The zero-order valence-electron chi connectivity index (χ0n) is 10.0. The van der Waals surface area contributed by atoms with Gasteiger partial charge >= 0.3 is 0 Å². The Labute approximate surface area is 106 Å². The smallest absolute Gasteiger partial charge is 0.243 e. The highest BCUT2D eigenvalue weighted by molar-refractivity contribution is 7.89. The second-order valence-electron chi connectivity index (χ2n) is 4.21. The first kappa shape index (κ1) is 13.1. The van der Waals surface area contributed by atoms with E-state index in [-0.39, 0.29) is 17.1 Å². The lowest BCUT2D eigenvalue weighted by molar-refractivity contribution is 0.189. The Morgan fingerprint density at radius 2 is 2.22 bits per heavy atom. The molecule has 2 rings (SSSR count). The van der Waals surface area contributed by atoms with Crippen LogP contribution in [-0.4, -0.2) is 44.1 Å². The zero-order chi connectivity index (χ0) is 13.3. The molecule has 6 nitrogen and oxygen atoms in total. The fraction of sp³-hybridized carbons (Fsp3) is 0.455. The van der Waals surface area contributed by atoms with Crippen LogP contribution in [-0.2, 0) is 10.0 Å². The molecule has 0 saturated carbocycles. The van der Waals surface area contributed by atoms with E-state index in [9.17, 15) is 13.5 Å². The number of benzene rings is 1. The fourth-order valence-electron chi connectivity index (χ4n) is 1.95. The molecule has 1 aliphatic heterocycles. The Kier molecular flexibility index (Phi) is 3.47. The van der Waals surface area contributed by atoms with Crippen LogP contribution < -0.4 is 10.5 Å². The van der Waals surface area contributed by atoms with Crippen molar-refractivity contribution in [1.29, 1.82) is 0 Å². The topological polar surface area (TPSA) is 92.9 Å². The van der Waals surface area contributed by atoms with E-state index < -0.39 is 16.1 Å². The van der Waals surface area contributed by atoms with E-state index in [1.54, 1.807) is 0 Å². The van der Waals surface area contributed by atoms with Crippen LogP contribution in [0.25, 0.3) is 0 Å². The van der Waals surface area contributed by atoms with Crippen molar-refractivity contribution in [2.24, 2.45) is 0 Å². The average molecular weight is 272 g/mol. The van der Waals surface area contributed by atoms with Gasteiger partial charge in [0.05, 0.1) is 23.8 Å². The average Bonchev–Trinajstić information content (AvgIpc) is 2.76. The number of ether oxygens (including phenoxy) is 1. The molecule has 1 aliphatic rings. The van der Waals surface area contributed by atoms with Crippen molar-refractivity contribution in [3.8, 4) is 5.75 Å². The van der Waals surface area contributed by atoms with Crippen LogP contribution in [0.5, 0.6) is 5.75 Å². The number of β-amino-alcohol motifs (C(OH)–C–C–N with tert-alkyl or cyclic N) is 1. The largest absolute Gasteiger partial charge is 0.495 e. The number of hydrogen-bond donors (Lipinski definition) is 2. The van der Waals surface area contributed by atoms with Gasteiger partial charge in [-0.05, 0) is 24.6 Å². The Bertz CT molecular complexity index is 544. The second-order valence-corrected chi connectivity index (χ2v) is 6.15. The third kappa shape index (κ3) is 2.29. The highest BCUT2D eigenvalue weighted by Gasteiger charge is 2.31. The SMILES string of the molecule is COc1ccc(S(=O)(=O)N2CC[C@@H](O)C2)cc1N. The molecule has 18 heavy (non-hydrogen) atoms. The molecule has 0 unspecified atom stereocenters. The summed E-state index contributed by atoms with van der Waals surface area (Å²) in [6.45, 7) is 0.462. The molecular formula is C11H16N2O4S. The maximum absolute atomic E-state index is 12.3. The highest BCUT2D eigenvalue weighted by atomic mass is 32.2. The van der Waals surface area contributed by atoms with Gasteiger partial charge in [0.25, 0.3) is 0 Å². The molecule has 1 aromatic rings. The molecule has 1 saturated heterocycles. The number of sulfonamides is 1. The highest BCUT2D eigenvalue weighted by Crippen LogP contribution is 2.27. The summed E-state index contributed by atoms with van der Waals surface area (Å²) in [6, 6.07) is 4.35. The van der Waals surface area contributed by atoms with Gasteiger partial charge < -0.3 is 15.6 Å². The molecule has 7 heteroatoms. The summed E-state index contributed by atoms with van der Waals surface area (Å²) in [5.74, 6) is 0.440. The van der Waals surface area contributed by atoms with Crippen molar-refractivity contribution in [2.45, 2.75) is 17.4 Å². The Morgan fingerprint density at radius 3 is 2.72 bits per heavy atom. The first-order valence-corrected chi connectivity index (χ1v) is 7.01. The molecule has 100 valence electrons. The van der Waals surface area contributed by atoms with Gasteiger partial charge in [0, 0.05) is 13.1 Å². The second kappa shape index (κ2) is 4.75. The van der Waals surface area contributed by atoms with Crippen LogP contribution in [0.3, 0.4) is 0 Å². The number of nitrogens with two attached hydrogens (primary N) is 1. The maximum atomic E-state index is 12.3. The summed E-state index contributed by atoms with van der Waals surface area (Å²) < 4.78 is 30.7. The lowest BCUT2D eigenvalue weighted by Crippen LogP contribution is -2.29. The summed E-state index contributed by atoms with van der Waals surface area (Å²) in [6.07, 6.45) is -0.124. The van der Waals surface area contributed by atoms with Crippen LogP contribution in [0.2, 0.25) is 0 Å². The Morgan fingerprint density at radius 1 is 1.50 bits per heavy atom. The van der Waals surface area contributed by atoms with Crippen molar-refractivity contribution in [3.63, 3.8) is 0 Å². The number of aliphatic hydroxyl groups is 1. The van der Waals surface area contributed by atoms with Crippen molar-refractivity contribution in [2.75, 3.05) is 25.9 Å². The molecule has 0 spiro atoms. The van der Waals surface area contributed by atoms with Gasteiger partial charge in [-0.3, -0.25) is 0 Å². The minimum Gasteiger partial charge on any atom is -0.495 e. The number of nitrogen functional groups attached to an aromatic ring is 1. The summed E-state index contributed by atoms with van der Waals surface area (Å²) in [5.41, 5.74) is 5.97. The lowest BCUT2D eigenvalue weighted by Gasteiger charge is -2.16. The third-order valence-electron chi connectivity index (χ3n) is 2.97. The molecule has 0 radical (unpaired) electrons. The van der Waals surface area contributed by atoms with E-state index in [0.717, 1.165) is 0 Å². The zero-order valence-corrected chi connectivity index (χ0v) is 10.9. The summed E-state index contributed by atoms with van der Waals surface area (Å²) >= 11 is 0. The van der Waals surface area contributed by atoms with E-state index >= 15 is 0 Å².